The van der Waals surface area contributed by atoms with Crippen LogP contribution in [-0.2, 0) is 20.9 Å². The zero-order chi connectivity index (χ0) is 23.0. The van der Waals surface area contributed by atoms with Gasteiger partial charge in [0.15, 0.2) is 6.61 Å². The summed E-state index contributed by atoms with van der Waals surface area (Å²) in [7, 11) is 0. The predicted molar refractivity (Wildman–Crippen MR) is 119 cm³/mol. The third-order valence-electron chi connectivity index (χ3n) is 4.61. The number of amides is 3. The van der Waals surface area contributed by atoms with Crippen molar-refractivity contribution in [3.63, 3.8) is 0 Å². The van der Waals surface area contributed by atoms with Crippen molar-refractivity contribution in [3.8, 4) is 0 Å². The summed E-state index contributed by atoms with van der Waals surface area (Å²) in [6.45, 7) is 5.76. The lowest BCUT2D eigenvalue weighted by atomic mass is 10.0. The molecule has 166 valence electrons. The fourth-order valence-electron chi connectivity index (χ4n) is 3.03. The number of carbonyl (C=O) groups excluding carboxylic acids is 3. The molecule has 7 nitrogen and oxygen atoms in total. The number of nitrogens with two attached hydrogens (primary N) is 1. The SMILES string of the molecule is CC(C)(C)N(Cc1ccccc1)C(=O)COC(=O)CC(NC(N)=O)c1ccc(Cl)cc1. The van der Waals surface area contributed by atoms with Gasteiger partial charge >= 0.3 is 12.0 Å². The monoisotopic (exact) mass is 445 g/mol. The molecule has 0 spiro atoms. The average Bonchev–Trinajstić information content (AvgIpc) is 2.70. The maximum atomic E-state index is 12.8. The first-order chi connectivity index (χ1) is 14.6. The van der Waals surface area contributed by atoms with Crippen molar-refractivity contribution >= 4 is 29.5 Å². The molecule has 3 N–H and O–H groups in total. The van der Waals surface area contributed by atoms with E-state index >= 15 is 0 Å². The number of nitrogens with one attached hydrogen (secondary N) is 1. The molecular formula is C23H28ClN3O4. The molecule has 0 saturated carbocycles. The highest BCUT2D eigenvalue weighted by Gasteiger charge is 2.28. The highest BCUT2D eigenvalue weighted by Crippen LogP contribution is 2.21. The summed E-state index contributed by atoms with van der Waals surface area (Å²) in [6.07, 6.45) is -0.175. The Morgan fingerprint density at radius 1 is 1.06 bits per heavy atom. The molecular weight excluding hydrogens is 418 g/mol. The summed E-state index contributed by atoms with van der Waals surface area (Å²) in [6, 6.07) is 14.8. The molecule has 0 heterocycles. The number of ether oxygens (including phenoxy) is 1. The van der Waals surface area contributed by atoms with Crippen LogP contribution in [0.2, 0.25) is 5.02 Å². The molecule has 0 aliphatic heterocycles. The van der Waals surface area contributed by atoms with Crippen LogP contribution in [0.15, 0.2) is 54.6 Å². The molecule has 2 rings (SSSR count). The van der Waals surface area contributed by atoms with Crippen LogP contribution in [0.1, 0.15) is 44.4 Å². The van der Waals surface area contributed by atoms with E-state index in [0.29, 0.717) is 17.1 Å². The number of benzene rings is 2. The Balaban J connectivity index is 2.01. The van der Waals surface area contributed by atoms with Crippen molar-refractivity contribution in [1.82, 2.24) is 10.2 Å². The number of carbonyl (C=O) groups is 3. The summed E-state index contributed by atoms with van der Waals surface area (Å²) in [4.78, 5) is 38.2. The number of primary amides is 1. The van der Waals surface area contributed by atoms with Crippen LogP contribution in [0.4, 0.5) is 4.79 Å². The van der Waals surface area contributed by atoms with Gasteiger partial charge in [0.2, 0.25) is 0 Å². The van der Waals surface area contributed by atoms with Gasteiger partial charge in [-0.05, 0) is 44.0 Å². The Morgan fingerprint density at radius 3 is 2.23 bits per heavy atom. The Morgan fingerprint density at radius 2 is 1.68 bits per heavy atom. The van der Waals surface area contributed by atoms with E-state index in [1.54, 1.807) is 29.2 Å². The van der Waals surface area contributed by atoms with Crippen molar-refractivity contribution in [2.75, 3.05) is 6.61 Å². The zero-order valence-corrected chi connectivity index (χ0v) is 18.7. The summed E-state index contributed by atoms with van der Waals surface area (Å²) in [5.41, 5.74) is 6.39. The van der Waals surface area contributed by atoms with Crippen molar-refractivity contribution < 1.29 is 19.1 Å². The molecule has 0 saturated heterocycles. The van der Waals surface area contributed by atoms with Crippen LogP contribution >= 0.6 is 11.6 Å². The Labute approximate surface area is 187 Å². The summed E-state index contributed by atoms with van der Waals surface area (Å²) >= 11 is 5.89. The van der Waals surface area contributed by atoms with E-state index in [4.69, 9.17) is 22.1 Å². The lowest BCUT2D eigenvalue weighted by Crippen LogP contribution is -2.47. The van der Waals surface area contributed by atoms with Crippen LogP contribution in [0.5, 0.6) is 0 Å². The fourth-order valence-corrected chi connectivity index (χ4v) is 3.16. The number of rotatable bonds is 8. The molecule has 0 fully saturated rings. The highest BCUT2D eigenvalue weighted by molar-refractivity contribution is 6.30. The molecule has 0 aliphatic carbocycles. The van der Waals surface area contributed by atoms with Gasteiger partial charge in [-0.3, -0.25) is 9.59 Å². The van der Waals surface area contributed by atoms with Crippen LogP contribution in [0, 0.1) is 0 Å². The number of hydrogen-bond donors (Lipinski definition) is 2. The fraction of sp³-hybridized carbons (Fsp3) is 0.348. The maximum absolute atomic E-state index is 12.8. The Hall–Kier alpha value is -3.06. The molecule has 0 aliphatic rings. The van der Waals surface area contributed by atoms with Crippen LogP contribution < -0.4 is 11.1 Å². The van der Waals surface area contributed by atoms with Crippen molar-refractivity contribution in [3.05, 3.63) is 70.7 Å². The number of urea groups is 1. The zero-order valence-electron chi connectivity index (χ0n) is 17.9. The van der Waals surface area contributed by atoms with E-state index in [9.17, 15) is 14.4 Å². The summed E-state index contributed by atoms with van der Waals surface area (Å²) < 4.78 is 5.23. The predicted octanol–water partition coefficient (Wildman–Crippen LogP) is 3.81. The summed E-state index contributed by atoms with van der Waals surface area (Å²) in [5, 5.41) is 3.04. The van der Waals surface area contributed by atoms with Gasteiger partial charge in [0.25, 0.3) is 5.91 Å². The lowest BCUT2D eigenvalue weighted by molar-refractivity contribution is -0.155. The van der Waals surface area contributed by atoms with Crippen LogP contribution in [0.25, 0.3) is 0 Å². The average molecular weight is 446 g/mol. The van der Waals surface area contributed by atoms with Crippen molar-refractivity contribution in [1.29, 1.82) is 0 Å². The van der Waals surface area contributed by atoms with Gasteiger partial charge in [-0.1, -0.05) is 54.1 Å². The minimum absolute atomic E-state index is 0.175. The van der Waals surface area contributed by atoms with Gasteiger partial charge in [-0.2, -0.15) is 0 Å². The molecule has 31 heavy (non-hydrogen) atoms. The Kier molecular flexibility index (Phi) is 8.45. The Bertz CT molecular complexity index is 895. The van der Waals surface area contributed by atoms with Crippen molar-refractivity contribution in [2.24, 2.45) is 5.73 Å². The van der Waals surface area contributed by atoms with Gasteiger partial charge in [0, 0.05) is 17.1 Å². The molecule has 1 unspecified atom stereocenters. The molecule has 8 heteroatoms. The topological polar surface area (TPSA) is 102 Å². The van der Waals surface area contributed by atoms with Crippen molar-refractivity contribution in [2.45, 2.75) is 45.3 Å². The molecule has 0 radical (unpaired) electrons. The van der Waals surface area contributed by atoms with Gasteiger partial charge in [0.05, 0.1) is 12.5 Å². The highest BCUT2D eigenvalue weighted by atomic mass is 35.5. The van der Waals surface area contributed by atoms with E-state index in [1.165, 1.54) is 0 Å². The van der Waals surface area contributed by atoms with Gasteiger partial charge in [0.1, 0.15) is 0 Å². The molecule has 1 atom stereocenters. The first kappa shape index (κ1) is 24.2. The largest absolute Gasteiger partial charge is 0.455 e. The molecule has 0 aromatic heterocycles. The second-order valence-electron chi connectivity index (χ2n) is 8.11. The third-order valence-corrected chi connectivity index (χ3v) is 4.86. The first-order valence-corrected chi connectivity index (χ1v) is 10.3. The third kappa shape index (κ3) is 7.94. The minimum atomic E-state index is -0.773. The normalized spacial score (nSPS) is 12.0. The second-order valence-corrected chi connectivity index (χ2v) is 8.55. The molecule has 3 amide bonds. The van der Waals surface area contributed by atoms with E-state index in [0.717, 1.165) is 5.56 Å². The van der Waals surface area contributed by atoms with E-state index in [-0.39, 0.29) is 12.3 Å². The summed E-state index contributed by atoms with van der Waals surface area (Å²) in [5.74, 6) is -0.939. The van der Waals surface area contributed by atoms with Crippen LogP contribution in [0.3, 0.4) is 0 Å². The molecule has 2 aromatic carbocycles. The van der Waals surface area contributed by atoms with Gasteiger partial charge in [-0.15, -0.1) is 0 Å². The number of halogens is 1. The molecule has 2 aromatic rings. The minimum Gasteiger partial charge on any atom is -0.455 e. The lowest BCUT2D eigenvalue weighted by Gasteiger charge is -2.35. The van der Waals surface area contributed by atoms with E-state index < -0.39 is 30.2 Å². The van der Waals surface area contributed by atoms with E-state index in [1.807, 2.05) is 51.1 Å². The smallest absolute Gasteiger partial charge is 0.312 e. The number of hydrogen-bond acceptors (Lipinski definition) is 4. The van der Waals surface area contributed by atoms with Gasteiger partial charge in [-0.25, -0.2) is 4.79 Å². The standard InChI is InChI=1S/C23H28ClN3O4/c1-23(2,3)27(14-16-7-5-4-6-8-16)20(28)15-31-21(29)13-19(26-22(25)30)17-9-11-18(24)12-10-17/h4-12,19H,13-15H2,1-3H3,(H3,25,26,30). The number of esters is 1. The maximum Gasteiger partial charge on any atom is 0.312 e. The molecule has 0 bridgehead atoms. The van der Waals surface area contributed by atoms with E-state index in [2.05, 4.69) is 5.32 Å². The second kappa shape index (κ2) is 10.8. The first-order valence-electron chi connectivity index (χ1n) is 9.87. The quantitative estimate of drug-likeness (QED) is 0.603. The van der Waals surface area contributed by atoms with Crippen LogP contribution in [-0.4, -0.2) is 35.0 Å². The van der Waals surface area contributed by atoms with Gasteiger partial charge < -0.3 is 20.7 Å². The number of nitrogens with zero attached hydrogens (tertiary/aromatic N) is 1.